The van der Waals surface area contributed by atoms with E-state index in [0.717, 1.165) is 5.56 Å². The highest BCUT2D eigenvalue weighted by Crippen LogP contribution is 2.45. The first-order valence-electron chi connectivity index (χ1n) is 14.8. The summed E-state index contributed by atoms with van der Waals surface area (Å²) in [7, 11) is -2.04. The minimum Gasteiger partial charge on any atom is -0.444 e. The summed E-state index contributed by atoms with van der Waals surface area (Å²) in [6, 6.07) is 9.91. The van der Waals surface area contributed by atoms with Crippen molar-refractivity contribution in [3.8, 4) is 0 Å². The van der Waals surface area contributed by atoms with Gasteiger partial charge in [-0.25, -0.2) is 19.7 Å². The molecule has 3 aromatic rings. The van der Waals surface area contributed by atoms with Crippen molar-refractivity contribution in [2.75, 3.05) is 11.9 Å². The normalized spacial score (nSPS) is 23.9. The first-order chi connectivity index (χ1) is 19.9. The maximum absolute atomic E-state index is 12.8. The van der Waals surface area contributed by atoms with Crippen LogP contribution < -0.4 is 5.32 Å². The number of rotatable bonds is 7. The molecule has 0 spiro atoms. The number of hydrogen-bond acceptors (Lipinski definition) is 9. The molecule has 2 aliphatic rings. The van der Waals surface area contributed by atoms with Gasteiger partial charge in [-0.05, 0) is 58.3 Å². The maximum atomic E-state index is 12.8. The summed E-state index contributed by atoms with van der Waals surface area (Å²) in [5.74, 6) is -0.0113. The molecule has 11 nitrogen and oxygen atoms in total. The molecule has 5 rings (SSSR count). The fourth-order valence-electron chi connectivity index (χ4n) is 5.02. The predicted molar refractivity (Wildman–Crippen MR) is 165 cm³/mol. The summed E-state index contributed by atoms with van der Waals surface area (Å²) in [4.78, 5) is 27.0. The van der Waals surface area contributed by atoms with Gasteiger partial charge in [-0.3, -0.25) is 9.88 Å². The van der Waals surface area contributed by atoms with Crippen molar-refractivity contribution >= 4 is 31.4 Å². The zero-order valence-corrected chi connectivity index (χ0v) is 27.9. The molecule has 43 heavy (non-hydrogen) atoms. The molecule has 0 unspecified atom stereocenters. The van der Waals surface area contributed by atoms with Crippen LogP contribution in [0.15, 0.2) is 36.7 Å². The molecule has 2 aliphatic heterocycles. The fourth-order valence-corrected chi connectivity index (χ4v) is 6.03. The molecule has 2 saturated heterocycles. The molecule has 0 bridgehead atoms. The lowest BCUT2D eigenvalue weighted by Gasteiger charge is -2.37. The Kier molecular flexibility index (Phi) is 8.23. The number of aromatic nitrogens is 4. The fraction of sp³-hybridized carbons (Fsp3) is 0.613. The number of nitrogens with zero attached hydrogens (tertiary/aromatic N) is 4. The Morgan fingerprint density at radius 2 is 1.72 bits per heavy atom. The standard InChI is InChI=1S/C31H45N5O6Si/c1-29(2,3)42-28(37)35-25-22-26(34-21(33-25)16-19-14-12-11-13-15-19)36(18-32-22)27-24-23(40-31(7,8)41-24)20(39-27)17-38-43(9,10)30(4,5)6/h11-15,18,20,23-24,27H,16-17H2,1-10H3,(H,33,34,35,37)/t20-,23-,24-,27-/m1/s1. The van der Waals surface area contributed by atoms with Crippen LogP contribution in [0.3, 0.4) is 0 Å². The van der Waals surface area contributed by atoms with E-state index in [-0.39, 0.29) is 23.1 Å². The number of fused-ring (bicyclic) bond motifs is 2. The molecule has 0 saturated carbocycles. The van der Waals surface area contributed by atoms with Crippen LogP contribution in [0.1, 0.15) is 73.0 Å². The molecule has 2 fully saturated rings. The summed E-state index contributed by atoms with van der Waals surface area (Å²) in [5, 5.41) is 2.85. The average Bonchev–Trinajstić information content (AvgIpc) is 3.52. The van der Waals surface area contributed by atoms with Gasteiger partial charge in [-0.2, -0.15) is 0 Å². The molecule has 1 N–H and O–H groups in total. The number of anilines is 1. The third-order valence-electron chi connectivity index (χ3n) is 8.11. The first-order valence-corrected chi connectivity index (χ1v) is 17.8. The van der Waals surface area contributed by atoms with Gasteiger partial charge >= 0.3 is 6.09 Å². The van der Waals surface area contributed by atoms with Crippen LogP contribution in [0.2, 0.25) is 18.1 Å². The van der Waals surface area contributed by atoms with Gasteiger partial charge in [0.25, 0.3) is 0 Å². The van der Waals surface area contributed by atoms with Crippen LogP contribution in [0.25, 0.3) is 11.2 Å². The number of nitrogens with one attached hydrogen (secondary N) is 1. The second-order valence-electron chi connectivity index (χ2n) is 14.3. The zero-order valence-electron chi connectivity index (χ0n) is 26.9. The summed E-state index contributed by atoms with van der Waals surface area (Å²) in [5.41, 5.74) is 1.28. The number of ether oxygens (including phenoxy) is 4. The van der Waals surface area contributed by atoms with E-state index in [0.29, 0.717) is 30.0 Å². The number of carbonyl (C=O) groups is 1. The summed E-state index contributed by atoms with van der Waals surface area (Å²) < 4.78 is 33.3. The van der Waals surface area contributed by atoms with Crippen LogP contribution in [0.4, 0.5) is 10.6 Å². The minimum atomic E-state index is -2.04. The molecule has 0 radical (unpaired) electrons. The van der Waals surface area contributed by atoms with Gasteiger partial charge in [0.1, 0.15) is 29.7 Å². The van der Waals surface area contributed by atoms with Crippen molar-refractivity contribution < 1.29 is 28.2 Å². The van der Waals surface area contributed by atoms with Gasteiger partial charge in [0.15, 0.2) is 37.3 Å². The van der Waals surface area contributed by atoms with E-state index >= 15 is 0 Å². The Morgan fingerprint density at radius 1 is 1.05 bits per heavy atom. The van der Waals surface area contributed by atoms with E-state index in [4.69, 9.17) is 28.4 Å². The Hall–Kier alpha value is -2.90. The number of imidazole rings is 1. The van der Waals surface area contributed by atoms with Crippen molar-refractivity contribution in [3.63, 3.8) is 0 Å². The van der Waals surface area contributed by atoms with Crippen LogP contribution >= 0.6 is 0 Å². The molecule has 4 atom stereocenters. The number of carbonyl (C=O) groups excluding carboxylic acids is 1. The smallest absolute Gasteiger partial charge is 0.413 e. The van der Waals surface area contributed by atoms with Gasteiger partial charge in [-0.1, -0.05) is 51.1 Å². The molecular weight excluding hydrogens is 566 g/mol. The monoisotopic (exact) mass is 611 g/mol. The molecule has 2 aromatic heterocycles. The van der Waals surface area contributed by atoms with Crippen molar-refractivity contribution in [2.45, 2.75) is 116 Å². The molecule has 1 amide bonds. The Morgan fingerprint density at radius 3 is 2.37 bits per heavy atom. The molecular formula is C31H45N5O6Si. The van der Waals surface area contributed by atoms with Crippen LogP contribution in [-0.2, 0) is 29.8 Å². The third kappa shape index (κ3) is 6.93. The van der Waals surface area contributed by atoms with E-state index in [1.165, 1.54) is 0 Å². The number of hydrogen-bond donors (Lipinski definition) is 1. The topological polar surface area (TPSA) is 119 Å². The van der Waals surface area contributed by atoms with Gasteiger partial charge in [-0.15, -0.1) is 0 Å². The lowest BCUT2D eigenvalue weighted by molar-refractivity contribution is -0.199. The molecule has 12 heteroatoms. The quantitative estimate of drug-likeness (QED) is 0.311. The maximum Gasteiger partial charge on any atom is 0.413 e. The molecule has 0 aliphatic carbocycles. The number of benzene rings is 1. The van der Waals surface area contributed by atoms with E-state index in [1.54, 1.807) is 6.33 Å². The Labute approximate surface area is 254 Å². The first kappa shape index (κ1) is 31.5. The largest absolute Gasteiger partial charge is 0.444 e. The van der Waals surface area contributed by atoms with Crippen molar-refractivity contribution in [3.05, 3.63) is 48.0 Å². The van der Waals surface area contributed by atoms with Crippen molar-refractivity contribution in [1.29, 1.82) is 0 Å². The molecule has 234 valence electrons. The van der Waals surface area contributed by atoms with E-state index in [2.05, 4.69) is 49.1 Å². The summed E-state index contributed by atoms with van der Waals surface area (Å²) in [6.07, 6.45) is -0.214. The summed E-state index contributed by atoms with van der Waals surface area (Å²) >= 11 is 0. The average molecular weight is 612 g/mol. The zero-order chi connectivity index (χ0) is 31.4. The predicted octanol–water partition coefficient (Wildman–Crippen LogP) is 6.20. The Balaban J connectivity index is 1.51. The lowest BCUT2D eigenvalue weighted by Crippen LogP contribution is -2.44. The Bertz CT molecular complexity index is 1460. The van der Waals surface area contributed by atoms with Crippen molar-refractivity contribution in [2.24, 2.45) is 0 Å². The molecule has 4 heterocycles. The van der Waals surface area contributed by atoms with Crippen LogP contribution in [-0.4, -0.2) is 70.2 Å². The summed E-state index contributed by atoms with van der Waals surface area (Å²) in [6.45, 7) is 20.7. The van der Waals surface area contributed by atoms with E-state index in [1.807, 2.05) is 69.5 Å². The number of amides is 1. The minimum absolute atomic E-state index is 0.0564. The van der Waals surface area contributed by atoms with Gasteiger partial charge in [0, 0.05) is 6.42 Å². The van der Waals surface area contributed by atoms with E-state index in [9.17, 15) is 4.79 Å². The van der Waals surface area contributed by atoms with Crippen molar-refractivity contribution in [1.82, 2.24) is 19.5 Å². The van der Waals surface area contributed by atoms with Gasteiger partial charge < -0.3 is 23.4 Å². The second kappa shape index (κ2) is 11.2. The molecule has 1 aromatic carbocycles. The highest BCUT2D eigenvalue weighted by atomic mass is 28.4. The lowest BCUT2D eigenvalue weighted by atomic mass is 10.1. The second-order valence-corrected chi connectivity index (χ2v) is 19.1. The highest BCUT2D eigenvalue weighted by Gasteiger charge is 2.56. The SMILES string of the molecule is CC(C)(C)OC(=O)Nc1nc(Cc2ccccc2)nc2c1ncn2[C@@H]1O[C@H](CO[Si](C)(C)C(C)(C)C)[C@H]2OC(C)(C)O[C@H]21. The van der Waals surface area contributed by atoms with Crippen LogP contribution in [0.5, 0.6) is 0 Å². The van der Waals surface area contributed by atoms with Gasteiger partial charge in [0.2, 0.25) is 0 Å². The van der Waals surface area contributed by atoms with Crippen LogP contribution in [0, 0.1) is 0 Å². The third-order valence-corrected chi connectivity index (χ3v) is 12.6. The van der Waals surface area contributed by atoms with Gasteiger partial charge in [0.05, 0.1) is 12.9 Å². The van der Waals surface area contributed by atoms with E-state index < -0.39 is 38.1 Å². The highest BCUT2D eigenvalue weighted by molar-refractivity contribution is 6.74.